The Bertz CT molecular complexity index is 690. The molecule has 0 aliphatic rings. The smallest absolute Gasteiger partial charge is 0.331 e. The van der Waals surface area contributed by atoms with Crippen LogP contribution < -0.4 is 5.32 Å². The van der Waals surface area contributed by atoms with Crippen LogP contribution in [0.1, 0.15) is 10.9 Å². The highest BCUT2D eigenvalue weighted by molar-refractivity contribution is 7.90. The van der Waals surface area contributed by atoms with Gasteiger partial charge in [0.15, 0.2) is 15.9 Å². The van der Waals surface area contributed by atoms with Gasteiger partial charge in [-0.05, 0) is 35.7 Å². The fourth-order valence-corrected chi connectivity index (χ4v) is 3.07. The zero-order chi connectivity index (χ0) is 14.8. The minimum Gasteiger partial charge on any atom is -0.479 e. The molecular weight excluding hydrogens is 298 g/mol. The lowest BCUT2D eigenvalue weighted by Gasteiger charge is -2.14. The number of benzene rings is 1. The predicted molar refractivity (Wildman–Crippen MR) is 77.9 cm³/mol. The van der Waals surface area contributed by atoms with E-state index in [1.165, 1.54) is 23.5 Å². The summed E-state index contributed by atoms with van der Waals surface area (Å²) >= 11 is 1.35. The summed E-state index contributed by atoms with van der Waals surface area (Å²) in [6.45, 7) is 0. The molecule has 0 spiro atoms. The minimum absolute atomic E-state index is 0.200. The molecule has 0 radical (unpaired) electrons. The SMILES string of the molecule is CS(=O)(=O)c1ccc(NC(C(=O)O)c2cccs2)cc1. The number of carboxylic acid groups (broad SMARTS) is 1. The van der Waals surface area contributed by atoms with E-state index in [-0.39, 0.29) is 4.90 Å². The number of hydrogen-bond acceptors (Lipinski definition) is 5. The Hall–Kier alpha value is -1.86. The molecule has 0 aliphatic carbocycles. The van der Waals surface area contributed by atoms with Gasteiger partial charge >= 0.3 is 5.97 Å². The molecule has 2 rings (SSSR count). The highest BCUT2D eigenvalue weighted by Gasteiger charge is 2.20. The molecule has 106 valence electrons. The summed E-state index contributed by atoms with van der Waals surface area (Å²) in [5.41, 5.74) is 0.554. The number of anilines is 1. The molecule has 0 aliphatic heterocycles. The maximum atomic E-state index is 11.3. The molecule has 5 nitrogen and oxygen atoms in total. The molecule has 0 amide bonds. The van der Waals surface area contributed by atoms with E-state index in [4.69, 9.17) is 0 Å². The highest BCUT2D eigenvalue weighted by atomic mass is 32.2. The summed E-state index contributed by atoms with van der Waals surface area (Å²) < 4.78 is 22.7. The average Bonchev–Trinajstić information content (AvgIpc) is 2.88. The van der Waals surface area contributed by atoms with Crippen LogP contribution in [0.15, 0.2) is 46.7 Å². The van der Waals surface area contributed by atoms with E-state index in [0.717, 1.165) is 6.26 Å². The van der Waals surface area contributed by atoms with Crippen molar-refractivity contribution in [1.29, 1.82) is 0 Å². The normalized spacial score (nSPS) is 12.8. The standard InChI is InChI=1S/C13H13NO4S2/c1-20(17,18)10-6-4-9(5-7-10)14-12(13(15)16)11-3-2-8-19-11/h2-8,12,14H,1H3,(H,15,16). The summed E-state index contributed by atoms with van der Waals surface area (Å²) in [6.07, 6.45) is 1.13. The lowest BCUT2D eigenvalue weighted by Crippen LogP contribution is -2.19. The van der Waals surface area contributed by atoms with Crippen molar-refractivity contribution in [3.63, 3.8) is 0 Å². The Morgan fingerprint density at radius 1 is 1.25 bits per heavy atom. The summed E-state index contributed by atoms with van der Waals surface area (Å²) in [4.78, 5) is 12.2. The highest BCUT2D eigenvalue weighted by Crippen LogP contribution is 2.24. The van der Waals surface area contributed by atoms with Crippen LogP contribution in [-0.2, 0) is 14.6 Å². The lowest BCUT2D eigenvalue weighted by atomic mass is 10.2. The Balaban J connectivity index is 2.22. The van der Waals surface area contributed by atoms with Crippen LogP contribution in [0.3, 0.4) is 0 Å². The third-order valence-electron chi connectivity index (χ3n) is 2.67. The number of aliphatic carboxylic acids is 1. The molecule has 1 heterocycles. The Morgan fingerprint density at radius 2 is 1.90 bits per heavy atom. The van der Waals surface area contributed by atoms with Crippen LogP contribution in [0.4, 0.5) is 5.69 Å². The van der Waals surface area contributed by atoms with Crippen molar-refractivity contribution >= 4 is 32.8 Å². The van der Waals surface area contributed by atoms with Crippen LogP contribution in [0, 0.1) is 0 Å². The van der Waals surface area contributed by atoms with Crippen LogP contribution in [-0.4, -0.2) is 25.7 Å². The predicted octanol–water partition coefficient (Wildman–Crippen LogP) is 2.39. The van der Waals surface area contributed by atoms with Crippen molar-refractivity contribution in [2.75, 3.05) is 11.6 Å². The second-order valence-corrected chi connectivity index (χ2v) is 7.22. The average molecular weight is 311 g/mol. The van der Waals surface area contributed by atoms with Gasteiger partial charge < -0.3 is 10.4 Å². The van der Waals surface area contributed by atoms with Crippen molar-refractivity contribution in [1.82, 2.24) is 0 Å². The van der Waals surface area contributed by atoms with Crippen LogP contribution in [0.5, 0.6) is 0 Å². The molecule has 7 heteroatoms. The first-order chi connectivity index (χ1) is 9.38. The van der Waals surface area contributed by atoms with Gasteiger partial charge in [0.1, 0.15) is 0 Å². The molecule has 0 saturated carbocycles. The van der Waals surface area contributed by atoms with E-state index in [1.54, 1.807) is 29.6 Å². The molecule has 1 aromatic heterocycles. The van der Waals surface area contributed by atoms with E-state index >= 15 is 0 Å². The maximum Gasteiger partial charge on any atom is 0.331 e. The monoisotopic (exact) mass is 311 g/mol. The van der Waals surface area contributed by atoms with Gasteiger partial charge in [0.2, 0.25) is 0 Å². The largest absolute Gasteiger partial charge is 0.479 e. The molecule has 0 fully saturated rings. The molecule has 0 bridgehead atoms. The Kier molecular flexibility index (Phi) is 4.10. The number of thiophene rings is 1. The van der Waals surface area contributed by atoms with E-state index in [9.17, 15) is 18.3 Å². The van der Waals surface area contributed by atoms with Gasteiger partial charge in [0.25, 0.3) is 0 Å². The number of carboxylic acids is 1. The van der Waals surface area contributed by atoms with Crippen molar-refractivity contribution in [3.8, 4) is 0 Å². The van der Waals surface area contributed by atoms with Gasteiger partial charge in [0, 0.05) is 16.8 Å². The third-order valence-corrected chi connectivity index (χ3v) is 4.73. The number of hydrogen-bond donors (Lipinski definition) is 2. The molecule has 0 saturated heterocycles. The number of rotatable bonds is 5. The fourth-order valence-electron chi connectivity index (χ4n) is 1.68. The first kappa shape index (κ1) is 14.5. The van der Waals surface area contributed by atoms with E-state index < -0.39 is 21.8 Å². The summed E-state index contributed by atoms with van der Waals surface area (Å²) in [7, 11) is -3.25. The van der Waals surface area contributed by atoms with E-state index in [2.05, 4.69) is 5.32 Å². The quantitative estimate of drug-likeness (QED) is 0.886. The molecule has 2 N–H and O–H groups in total. The van der Waals surface area contributed by atoms with Gasteiger partial charge in [0.05, 0.1) is 4.90 Å². The van der Waals surface area contributed by atoms with Gasteiger partial charge in [-0.25, -0.2) is 13.2 Å². The Morgan fingerprint density at radius 3 is 2.35 bits per heavy atom. The molecule has 2 aromatic rings. The van der Waals surface area contributed by atoms with Crippen molar-refractivity contribution < 1.29 is 18.3 Å². The summed E-state index contributed by atoms with van der Waals surface area (Å²) in [5.74, 6) is -0.986. The lowest BCUT2D eigenvalue weighted by molar-refractivity contribution is -0.138. The second-order valence-electron chi connectivity index (χ2n) is 4.23. The molecule has 20 heavy (non-hydrogen) atoms. The number of carbonyl (C=O) groups is 1. The van der Waals surface area contributed by atoms with Gasteiger partial charge in [-0.15, -0.1) is 11.3 Å². The van der Waals surface area contributed by atoms with Crippen LogP contribution >= 0.6 is 11.3 Å². The summed E-state index contributed by atoms with van der Waals surface area (Å²) in [6, 6.07) is 8.68. The molecule has 1 unspecified atom stereocenters. The van der Waals surface area contributed by atoms with Crippen LogP contribution in [0.25, 0.3) is 0 Å². The van der Waals surface area contributed by atoms with Crippen molar-refractivity contribution in [2.24, 2.45) is 0 Å². The topological polar surface area (TPSA) is 83.5 Å². The third kappa shape index (κ3) is 3.37. The van der Waals surface area contributed by atoms with Crippen molar-refractivity contribution in [3.05, 3.63) is 46.7 Å². The zero-order valence-corrected chi connectivity index (χ0v) is 12.2. The fraction of sp³-hybridized carbons (Fsp3) is 0.154. The first-order valence-corrected chi connectivity index (χ1v) is 8.48. The zero-order valence-electron chi connectivity index (χ0n) is 10.6. The van der Waals surface area contributed by atoms with Gasteiger partial charge in [-0.2, -0.15) is 0 Å². The number of sulfone groups is 1. The van der Waals surface area contributed by atoms with Gasteiger partial charge in [-0.3, -0.25) is 0 Å². The van der Waals surface area contributed by atoms with Crippen LogP contribution in [0.2, 0.25) is 0 Å². The molecular formula is C13H13NO4S2. The summed E-state index contributed by atoms with van der Waals surface area (Å²) in [5, 5.41) is 13.9. The maximum absolute atomic E-state index is 11.3. The minimum atomic E-state index is -3.25. The second kappa shape index (κ2) is 5.64. The van der Waals surface area contributed by atoms with E-state index in [1.807, 2.05) is 0 Å². The van der Waals surface area contributed by atoms with Gasteiger partial charge in [-0.1, -0.05) is 6.07 Å². The van der Waals surface area contributed by atoms with Crippen molar-refractivity contribution in [2.45, 2.75) is 10.9 Å². The first-order valence-electron chi connectivity index (χ1n) is 5.71. The molecule has 1 atom stereocenters. The molecule has 1 aromatic carbocycles. The Labute approximate surface area is 120 Å². The van der Waals surface area contributed by atoms with E-state index in [0.29, 0.717) is 10.6 Å². The number of nitrogens with one attached hydrogen (secondary N) is 1.